The highest BCUT2D eigenvalue weighted by atomic mass is 35.5. The van der Waals surface area contributed by atoms with Crippen LogP contribution in [0.5, 0.6) is 5.75 Å². The summed E-state index contributed by atoms with van der Waals surface area (Å²) >= 11 is 7.98. The monoisotopic (exact) mass is 319 g/mol. The summed E-state index contributed by atoms with van der Waals surface area (Å²) in [7, 11) is 0. The van der Waals surface area contributed by atoms with E-state index in [0.717, 1.165) is 35.1 Å². The molecule has 2 N–H and O–H groups in total. The van der Waals surface area contributed by atoms with Crippen LogP contribution in [0, 0.1) is 0 Å². The van der Waals surface area contributed by atoms with Crippen LogP contribution in [0.4, 0.5) is 0 Å². The Morgan fingerprint density at radius 1 is 1.33 bits per heavy atom. The lowest BCUT2D eigenvalue weighted by atomic mass is 10.1. The van der Waals surface area contributed by atoms with Crippen molar-refractivity contribution in [2.45, 2.75) is 30.0 Å². The minimum Gasteiger partial charge on any atom is -0.493 e. The van der Waals surface area contributed by atoms with Crippen LogP contribution in [0.2, 0.25) is 5.02 Å². The normalized spacial score (nSPS) is 14.6. The van der Waals surface area contributed by atoms with Crippen LogP contribution in [-0.2, 0) is 12.2 Å². The van der Waals surface area contributed by atoms with Gasteiger partial charge >= 0.3 is 0 Å². The van der Waals surface area contributed by atoms with Gasteiger partial charge < -0.3 is 10.5 Å². The second-order valence-corrected chi connectivity index (χ2v) is 6.79. The number of nitrogens with two attached hydrogens (primary N) is 1. The fraction of sp³-hybridized carbons (Fsp3) is 0.294. The van der Waals surface area contributed by atoms with Crippen molar-refractivity contribution in [3.8, 4) is 5.75 Å². The number of thioether (sulfide) groups is 1. The maximum atomic E-state index is 6.20. The molecule has 1 aliphatic rings. The molecule has 0 aliphatic carbocycles. The van der Waals surface area contributed by atoms with E-state index >= 15 is 0 Å². The maximum Gasteiger partial charge on any atom is 0.126 e. The number of halogens is 1. The Kier molecular flexibility index (Phi) is 4.43. The number of rotatable bonds is 4. The van der Waals surface area contributed by atoms with Crippen LogP contribution >= 0.6 is 23.4 Å². The molecule has 3 rings (SSSR count). The molecule has 2 aromatic rings. The molecule has 0 saturated carbocycles. The lowest BCUT2D eigenvalue weighted by Crippen LogP contribution is -2.04. The molecule has 0 aromatic heterocycles. The summed E-state index contributed by atoms with van der Waals surface area (Å²) in [5.74, 6) is 1.88. The zero-order chi connectivity index (χ0) is 14.8. The zero-order valence-electron chi connectivity index (χ0n) is 11.9. The number of hydrogen-bond acceptors (Lipinski definition) is 3. The Morgan fingerprint density at radius 3 is 3.00 bits per heavy atom. The van der Waals surface area contributed by atoms with Crippen molar-refractivity contribution in [3.05, 3.63) is 58.1 Å². The first-order valence-electron chi connectivity index (χ1n) is 7.06. The smallest absolute Gasteiger partial charge is 0.126 e. The van der Waals surface area contributed by atoms with E-state index < -0.39 is 0 Å². The molecule has 1 unspecified atom stereocenters. The molecule has 0 fully saturated rings. The fourth-order valence-corrected chi connectivity index (χ4v) is 3.70. The van der Waals surface area contributed by atoms with Gasteiger partial charge in [-0.05, 0) is 42.3 Å². The third-order valence-corrected chi connectivity index (χ3v) is 4.86. The molecule has 0 saturated heterocycles. The predicted octanol–water partition coefficient (Wildman–Crippen LogP) is 4.59. The quantitative estimate of drug-likeness (QED) is 0.837. The summed E-state index contributed by atoms with van der Waals surface area (Å²) in [6, 6.07) is 12.5. The van der Waals surface area contributed by atoms with Gasteiger partial charge in [-0.1, -0.05) is 23.7 Å². The average molecular weight is 320 g/mol. The Morgan fingerprint density at radius 2 is 2.19 bits per heavy atom. The Bertz CT molecular complexity index is 657. The molecule has 1 atom stereocenters. The fourth-order valence-electron chi connectivity index (χ4n) is 2.50. The molecule has 2 aromatic carbocycles. The van der Waals surface area contributed by atoms with Crippen molar-refractivity contribution in [2.75, 3.05) is 6.61 Å². The van der Waals surface area contributed by atoms with Crippen molar-refractivity contribution in [2.24, 2.45) is 5.73 Å². The maximum absolute atomic E-state index is 6.20. The highest BCUT2D eigenvalue weighted by Gasteiger charge is 2.17. The van der Waals surface area contributed by atoms with Gasteiger partial charge in [0, 0.05) is 33.7 Å². The van der Waals surface area contributed by atoms with Crippen LogP contribution in [-0.4, -0.2) is 6.61 Å². The molecule has 0 amide bonds. The van der Waals surface area contributed by atoms with Crippen molar-refractivity contribution in [3.63, 3.8) is 0 Å². The molecule has 1 heterocycles. The largest absolute Gasteiger partial charge is 0.493 e. The lowest BCUT2D eigenvalue weighted by Gasteiger charge is -2.10. The summed E-state index contributed by atoms with van der Waals surface area (Å²) in [5.41, 5.74) is 9.49. The van der Waals surface area contributed by atoms with E-state index in [1.165, 1.54) is 16.0 Å². The number of hydrogen-bond donors (Lipinski definition) is 1. The predicted molar refractivity (Wildman–Crippen MR) is 89.3 cm³/mol. The van der Waals surface area contributed by atoms with Gasteiger partial charge in [-0.25, -0.2) is 0 Å². The molecule has 0 spiro atoms. The highest BCUT2D eigenvalue weighted by Crippen LogP contribution is 2.36. The van der Waals surface area contributed by atoms with E-state index in [2.05, 4.69) is 24.3 Å². The van der Waals surface area contributed by atoms with Gasteiger partial charge in [0.05, 0.1) is 6.61 Å². The van der Waals surface area contributed by atoms with Gasteiger partial charge in [-0.15, -0.1) is 11.8 Å². The summed E-state index contributed by atoms with van der Waals surface area (Å²) < 4.78 is 5.74. The summed E-state index contributed by atoms with van der Waals surface area (Å²) in [4.78, 5) is 1.22. The Hall–Kier alpha value is -1.16. The lowest BCUT2D eigenvalue weighted by molar-refractivity contribution is 0.354. The van der Waals surface area contributed by atoms with Crippen LogP contribution in [0.25, 0.3) is 0 Å². The van der Waals surface area contributed by atoms with Gasteiger partial charge in [0.15, 0.2) is 0 Å². The first kappa shape index (κ1) is 14.8. The van der Waals surface area contributed by atoms with Crippen molar-refractivity contribution in [1.82, 2.24) is 0 Å². The van der Waals surface area contributed by atoms with Crippen molar-refractivity contribution >= 4 is 23.4 Å². The molecule has 1 aliphatic heterocycles. The molecular formula is C17H18ClNOS. The van der Waals surface area contributed by atoms with Crippen LogP contribution in [0.15, 0.2) is 41.3 Å². The molecule has 2 nitrogen and oxygen atoms in total. The first-order valence-corrected chi connectivity index (χ1v) is 8.42. The highest BCUT2D eigenvalue weighted by molar-refractivity contribution is 7.98. The van der Waals surface area contributed by atoms with E-state index in [9.17, 15) is 0 Å². The SMILES string of the molecule is CC(N)c1cccc(SCc2cc(Cl)cc3c2OCC3)c1. The van der Waals surface area contributed by atoms with Crippen LogP contribution < -0.4 is 10.5 Å². The Labute approximate surface area is 134 Å². The van der Waals surface area contributed by atoms with Gasteiger partial charge in [0.2, 0.25) is 0 Å². The molecule has 4 heteroatoms. The number of benzene rings is 2. The van der Waals surface area contributed by atoms with E-state index in [-0.39, 0.29) is 6.04 Å². The second-order valence-electron chi connectivity index (χ2n) is 5.30. The third kappa shape index (κ3) is 3.37. The van der Waals surface area contributed by atoms with E-state index in [1.54, 1.807) is 11.8 Å². The minimum absolute atomic E-state index is 0.0595. The Balaban J connectivity index is 1.78. The third-order valence-electron chi connectivity index (χ3n) is 3.60. The summed E-state index contributed by atoms with van der Waals surface area (Å²) in [6.07, 6.45) is 0.952. The van der Waals surface area contributed by atoms with Crippen molar-refractivity contribution < 1.29 is 4.74 Å². The van der Waals surface area contributed by atoms with Gasteiger partial charge in [-0.2, -0.15) is 0 Å². The average Bonchev–Trinajstić information content (AvgIpc) is 2.93. The minimum atomic E-state index is 0.0595. The molecule has 0 radical (unpaired) electrons. The van der Waals surface area contributed by atoms with Gasteiger partial charge in [-0.3, -0.25) is 0 Å². The van der Waals surface area contributed by atoms with Crippen LogP contribution in [0.3, 0.4) is 0 Å². The summed E-state index contributed by atoms with van der Waals surface area (Å²) in [6.45, 7) is 2.76. The van der Waals surface area contributed by atoms with Gasteiger partial charge in [0.1, 0.15) is 5.75 Å². The standard InChI is InChI=1S/C17H18ClNOS/c1-11(19)12-3-2-4-16(9-12)21-10-14-8-15(18)7-13-5-6-20-17(13)14/h2-4,7-9,11H,5-6,10,19H2,1H3. The zero-order valence-corrected chi connectivity index (χ0v) is 13.5. The first-order chi connectivity index (χ1) is 10.1. The van der Waals surface area contributed by atoms with E-state index in [1.807, 2.05) is 19.1 Å². The van der Waals surface area contributed by atoms with Gasteiger partial charge in [0.25, 0.3) is 0 Å². The number of fused-ring (bicyclic) bond motifs is 1. The molecule has 0 bridgehead atoms. The molecule has 21 heavy (non-hydrogen) atoms. The number of ether oxygens (including phenoxy) is 1. The topological polar surface area (TPSA) is 35.2 Å². The summed E-state index contributed by atoms with van der Waals surface area (Å²) in [5, 5.41) is 0.791. The van der Waals surface area contributed by atoms with E-state index in [0.29, 0.717) is 0 Å². The second kappa shape index (κ2) is 6.30. The molecule has 110 valence electrons. The molecular weight excluding hydrogens is 302 g/mol. The van der Waals surface area contributed by atoms with E-state index in [4.69, 9.17) is 22.1 Å². The van der Waals surface area contributed by atoms with Crippen molar-refractivity contribution in [1.29, 1.82) is 0 Å². The van der Waals surface area contributed by atoms with Crippen LogP contribution in [0.1, 0.15) is 29.7 Å².